The van der Waals surface area contributed by atoms with Crippen LogP contribution in [0.4, 0.5) is 15.9 Å². The van der Waals surface area contributed by atoms with Gasteiger partial charge >= 0.3 is 0 Å². The highest BCUT2D eigenvalue weighted by Crippen LogP contribution is 2.30. The van der Waals surface area contributed by atoms with E-state index < -0.39 is 0 Å². The number of aryl methyl sites for hydroxylation is 1. The van der Waals surface area contributed by atoms with Crippen LogP contribution in [-0.4, -0.2) is 42.6 Å². The first-order valence-corrected chi connectivity index (χ1v) is 9.99. The summed E-state index contributed by atoms with van der Waals surface area (Å²) in [5, 5.41) is 10.6. The maximum Gasteiger partial charge on any atom is 0.278 e. The molecule has 4 heterocycles. The number of hydrogen-bond donors (Lipinski definition) is 1. The number of rotatable bonds is 4. The van der Waals surface area contributed by atoms with Crippen LogP contribution in [0.1, 0.15) is 27.4 Å². The Morgan fingerprint density at radius 1 is 1.19 bits per heavy atom. The van der Waals surface area contributed by atoms with E-state index in [9.17, 15) is 9.18 Å². The maximum atomic E-state index is 13.8. The lowest BCUT2D eigenvalue weighted by atomic mass is 10.0. The van der Waals surface area contributed by atoms with Crippen LogP contribution in [0.5, 0.6) is 0 Å². The van der Waals surface area contributed by atoms with Crippen LogP contribution >= 0.6 is 0 Å². The van der Waals surface area contributed by atoms with Gasteiger partial charge in [-0.3, -0.25) is 9.78 Å². The standard InChI is InChI=1S/C22H18FN7O2/c1-13-19(29-32-28-13)22(31)30-9-7-18-17(12-30)21(25-16-6-2-5-15(23)10-16)27-20(26-18)14-4-3-8-24-11-14/h2-6,8,10-11H,7,9,12H2,1H3,(H,25,26,27). The van der Waals surface area contributed by atoms with E-state index in [1.54, 1.807) is 36.4 Å². The molecule has 0 unspecified atom stereocenters. The number of anilines is 2. The number of fused-ring (bicyclic) bond motifs is 1. The van der Waals surface area contributed by atoms with Gasteiger partial charge in [0.15, 0.2) is 11.5 Å². The van der Waals surface area contributed by atoms with Gasteiger partial charge in [-0.15, -0.1) is 0 Å². The van der Waals surface area contributed by atoms with Gasteiger partial charge in [-0.2, -0.15) is 0 Å². The molecule has 5 rings (SSSR count). The predicted molar refractivity (Wildman–Crippen MR) is 112 cm³/mol. The van der Waals surface area contributed by atoms with E-state index in [0.717, 1.165) is 16.8 Å². The molecule has 4 aromatic rings. The second kappa shape index (κ2) is 8.14. The molecule has 0 saturated heterocycles. The minimum atomic E-state index is -0.365. The van der Waals surface area contributed by atoms with Gasteiger partial charge in [0.2, 0.25) is 0 Å². The van der Waals surface area contributed by atoms with Gasteiger partial charge in [0.1, 0.15) is 17.3 Å². The van der Waals surface area contributed by atoms with Gasteiger partial charge in [-0.05, 0) is 42.4 Å². The average molecular weight is 431 g/mol. The number of hydrogen-bond acceptors (Lipinski definition) is 8. The largest absolute Gasteiger partial charge is 0.340 e. The summed E-state index contributed by atoms with van der Waals surface area (Å²) in [6.07, 6.45) is 3.89. The molecular weight excluding hydrogens is 413 g/mol. The topological polar surface area (TPSA) is 110 Å². The summed E-state index contributed by atoms with van der Waals surface area (Å²) in [5.41, 5.74) is 3.50. The predicted octanol–water partition coefficient (Wildman–Crippen LogP) is 3.31. The Labute approximate surface area is 182 Å². The molecule has 1 N–H and O–H groups in total. The number of benzene rings is 1. The summed E-state index contributed by atoms with van der Waals surface area (Å²) in [6.45, 7) is 2.40. The molecule has 0 bridgehead atoms. The average Bonchev–Trinajstić information content (AvgIpc) is 3.24. The molecule has 32 heavy (non-hydrogen) atoms. The Morgan fingerprint density at radius 3 is 2.84 bits per heavy atom. The summed E-state index contributed by atoms with van der Waals surface area (Å²) in [4.78, 5) is 28.1. The highest BCUT2D eigenvalue weighted by atomic mass is 19.1. The quantitative estimate of drug-likeness (QED) is 0.524. The zero-order valence-corrected chi connectivity index (χ0v) is 17.1. The number of carbonyl (C=O) groups excluding carboxylic acids is 1. The molecule has 0 aliphatic carbocycles. The number of aromatic nitrogens is 5. The van der Waals surface area contributed by atoms with E-state index in [1.165, 1.54) is 12.1 Å². The smallest absolute Gasteiger partial charge is 0.278 e. The van der Waals surface area contributed by atoms with Crippen LogP contribution in [0.2, 0.25) is 0 Å². The van der Waals surface area contributed by atoms with Crippen molar-refractivity contribution in [2.75, 3.05) is 11.9 Å². The van der Waals surface area contributed by atoms with E-state index in [-0.39, 0.29) is 24.0 Å². The first-order chi connectivity index (χ1) is 15.6. The van der Waals surface area contributed by atoms with Crippen LogP contribution in [0, 0.1) is 12.7 Å². The summed E-state index contributed by atoms with van der Waals surface area (Å²) < 4.78 is 18.4. The number of carbonyl (C=O) groups is 1. The van der Waals surface area contributed by atoms with E-state index in [4.69, 9.17) is 4.98 Å². The number of halogens is 1. The molecule has 10 heteroatoms. The normalized spacial score (nSPS) is 13.0. The SMILES string of the molecule is Cc1nonc1C(=O)N1CCc2nc(-c3cccnc3)nc(Nc3cccc(F)c3)c2C1. The lowest BCUT2D eigenvalue weighted by Crippen LogP contribution is -2.37. The van der Waals surface area contributed by atoms with Crippen molar-refractivity contribution in [3.05, 3.63) is 77.3 Å². The molecule has 160 valence electrons. The van der Waals surface area contributed by atoms with Gasteiger partial charge in [-0.1, -0.05) is 11.2 Å². The number of nitrogens with one attached hydrogen (secondary N) is 1. The molecule has 3 aromatic heterocycles. The maximum absolute atomic E-state index is 13.8. The number of nitrogens with zero attached hydrogens (tertiary/aromatic N) is 6. The molecule has 9 nitrogen and oxygen atoms in total. The van der Waals surface area contributed by atoms with Crippen molar-refractivity contribution in [3.63, 3.8) is 0 Å². The van der Waals surface area contributed by atoms with Gasteiger partial charge in [0.25, 0.3) is 5.91 Å². The third kappa shape index (κ3) is 3.78. The van der Waals surface area contributed by atoms with Crippen molar-refractivity contribution in [1.82, 2.24) is 30.2 Å². The van der Waals surface area contributed by atoms with Gasteiger partial charge in [0.05, 0.1) is 12.2 Å². The highest BCUT2D eigenvalue weighted by Gasteiger charge is 2.29. The Balaban J connectivity index is 1.54. The fourth-order valence-corrected chi connectivity index (χ4v) is 3.59. The fourth-order valence-electron chi connectivity index (χ4n) is 3.59. The Bertz CT molecular complexity index is 1290. The van der Waals surface area contributed by atoms with Crippen LogP contribution in [0.3, 0.4) is 0 Å². The molecule has 1 aliphatic heterocycles. The minimum Gasteiger partial charge on any atom is -0.340 e. The molecule has 0 fully saturated rings. The van der Waals surface area contributed by atoms with Gasteiger partial charge in [0, 0.05) is 42.2 Å². The zero-order valence-electron chi connectivity index (χ0n) is 17.1. The Morgan fingerprint density at radius 2 is 2.09 bits per heavy atom. The van der Waals surface area contributed by atoms with Crippen LogP contribution in [-0.2, 0) is 13.0 Å². The van der Waals surface area contributed by atoms with Crippen molar-refractivity contribution >= 4 is 17.4 Å². The third-order valence-electron chi connectivity index (χ3n) is 5.21. The molecular formula is C22H18FN7O2. The summed E-state index contributed by atoms with van der Waals surface area (Å²) in [5.74, 6) is 0.373. The summed E-state index contributed by atoms with van der Waals surface area (Å²) in [7, 11) is 0. The second-order valence-electron chi connectivity index (χ2n) is 7.37. The van der Waals surface area contributed by atoms with E-state index in [0.29, 0.717) is 36.0 Å². The first kappa shape index (κ1) is 19.7. The molecule has 0 atom stereocenters. The van der Waals surface area contributed by atoms with Crippen LogP contribution < -0.4 is 5.32 Å². The zero-order chi connectivity index (χ0) is 22.1. The Kier molecular flexibility index (Phi) is 5.02. The minimum absolute atomic E-state index is 0.181. The summed E-state index contributed by atoms with van der Waals surface area (Å²) in [6, 6.07) is 9.80. The number of pyridine rings is 1. The van der Waals surface area contributed by atoms with E-state index in [2.05, 4.69) is 30.2 Å². The fraction of sp³-hybridized carbons (Fsp3) is 0.182. The molecule has 1 aromatic carbocycles. The molecule has 0 radical (unpaired) electrons. The highest BCUT2D eigenvalue weighted by molar-refractivity contribution is 5.93. The van der Waals surface area contributed by atoms with Crippen molar-refractivity contribution in [2.45, 2.75) is 19.9 Å². The van der Waals surface area contributed by atoms with E-state index >= 15 is 0 Å². The lowest BCUT2D eigenvalue weighted by molar-refractivity contribution is 0.0722. The van der Waals surface area contributed by atoms with Gasteiger partial charge < -0.3 is 10.2 Å². The lowest BCUT2D eigenvalue weighted by Gasteiger charge is -2.29. The van der Waals surface area contributed by atoms with Crippen molar-refractivity contribution in [2.24, 2.45) is 0 Å². The second-order valence-corrected chi connectivity index (χ2v) is 7.37. The van der Waals surface area contributed by atoms with Crippen molar-refractivity contribution in [1.29, 1.82) is 0 Å². The molecule has 0 spiro atoms. The number of amides is 1. The monoisotopic (exact) mass is 431 g/mol. The molecule has 0 saturated carbocycles. The van der Waals surface area contributed by atoms with Crippen molar-refractivity contribution in [3.8, 4) is 11.4 Å². The molecule has 1 amide bonds. The summed E-state index contributed by atoms with van der Waals surface area (Å²) >= 11 is 0. The molecule has 1 aliphatic rings. The van der Waals surface area contributed by atoms with Crippen LogP contribution in [0.15, 0.2) is 53.4 Å². The third-order valence-corrected chi connectivity index (χ3v) is 5.21. The first-order valence-electron chi connectivity index (χ1n) is 9.99. The van der Waals surface area contributed by atoms with Crippen molar-refractivity contribution < 1.29 is 13.8 Å². The van der Waals surface area contributed by atoms with E-state index in [1.807, 2.05) is 12.1 Å². The Hall–Kier alpha value is -4.21. The van der Waals surface area contributed by atoms with Gasteiger partial charge in [-0.25, -0.2) is 19.0 Å². The van der Waals surface area contributed by atoms with Crippen LogP contribution in [0.25, 0.3) is 11.4 Å².